The van der Waals surface area contributed by atoms with Crippen molar-refractivity contribution >= 4 is 34.4 Å². The molecule has 2 N–H and O–H groups in total. The zero-order chi connectivity index (χ0) is 17.5. The molecule has 0 aromatic heterocycles. The number of nitrogens with one attached hydrogen (secondary N) is 2. The largest absolute Gasteiger partial charge is 0.497 e. The molecule has 0 saturated carbocycles. The van der Waals surface area contributed by atoms with E-state index in [1.54, 1.807) is 26.2 Å². The van der Waals surface area contributed by atoms with Crippen molar-refractivity contribution in [3.63, 3.8) is 0 Å². The molecule has 0 atom stereocenters. The van der Waals surface area contributed by atoms with Crippen LogP contribution < -0.4 is 15.5 Å². The summed E-state index contributed by atoms with van der Waals surface area (Å²) in [6, 6.07) is 13.4. The van der Waals surface area contributed by atoms with Crippen molar-refractivity contribution in [3.8, 4) is 5.75 Å². The third-order valence-corrected chi connectivity index (χ3v) is 3.36. The summed E-state index contributed by atoms with van der Waals surface area (Å²) < 4.78 is 5.09. The van der Waals surface area contributed by atoms with E-state index in [2.05, 4.69) is 15.8 Å². The molecule has 0 aliphatic heterocycles. The molecule has 0 saturated heterocycles. The van der Waals surface area contributed by atoms with Gasteiger partial charge in [0.2, 0.25) is 0 Å². The molecule has 124 valence electrons. The fraction of sp³-hybridized carbons (Fsp3) is 0.125. The smallest absolute Gasteiger partial charge is 0.269 e. The number of hydrazone groups is 1. The number of nitro benzene ring substituents is 1. The monoisotopic (exact) mass is 344 g/mol. The van der Waals surface area contributed by atoms with Gasteiger partial charge in [-0.05, 0) is 61.1 Å². The van der Waals surface area contributed by atoms with E-state index in [9.17, 15) is 10.1 Å². The minimum atomic E-state index is -0.442. The van der Waals surface area contributed by atoms with Crippen LogP contribution in [0.1, 0.15) is 12.5 Å². The Morgan fingerprint density at radius 1 is 1.17 bits per heavy atom. The molecule has 0 spiro atoms. The Bertz CT molecular complexity index is 758. The molecule has 2 rings (SSSR count). The first-order valence-corrected chi connectivity index (χ1v) is 7.40. The number of benzene rings is 2. The lowest BCUT2D eigenvalue weighted by molar-refractivity contribution is -0.384. The number of ether oxygens (including phenoxy) is 1. The molecule has 2 aromatic carbocycles. The number of anilines is 1. The minimum Gasteiger partial charge on any atom is -0.497 e. The Morgan fingerprint density at radius 3 is 2.33 bits per heavy atom. The topological polar surface area (TPSA) is 88.8 Å². The van der Waals surface area contributed by atoms with Crippen molar-refractivity contribution in [3.05, 3.63) is 64.2 Å². The Labute approximate surface area is 144 Å². The quantitative estimate of drug-likeness (QED) is 0.374. The standard InChI is InChI=1S/C16H16N4O3S/c1-11(12-3-7-14(8-4-12)20(21)22)18-19-16(24)17-13-5-9-15(23-2)10-6-13/h3-10H,1-2H3,(H2,17,19,24)/b18-11+. The zero-order valence-electron chi connectivity index (χ0n) is 13.1. The average molecular weight is 344 g/mol. The van der Waals surface area contributed by atoms with Crippen molar-refractivity contribution in [1.29, 1.82) is 0 Å². The summed E-state index contributed by atoms with van der Waals surface area (Å²) in [5.41, 5.74) is 5.00. The van der Waals surface area contributed by atoms with Crippen molar-refractivity contribution in [1.82, 2.24) is 5.43 Å². The van der Waals surface area contributed by atoms with Crippen molar-refractivity contribution < 1.29 is 9.66 Å². The lowest BCUT2D eigenvalue weighted by Crippen LogP contribution is -2.24. The summed E-state index contributed by atoms with van der Waals surface area (Å²) >= 11 is 5.17. The van der Waals surface area contributed by atoms with Gasteiger partial charge in [0, 0.05) is 17.8 Å². The zero-order valence-corrected chi connectivity index (χ0v) is 14.0. The van der Waals surface area contributed by atoms with E-state index >= 15 is 0 Å². The maximum Gasteiger partial charge on any atom is 0.269 e. The Kier molecular flexibility index (Phi) is 5.80. The molecule has 8 heteroatoms. The summed E-state index contributed by atoms with van der Waals surface area (Å²) in [6.07, 6.45) is 0. The van der Waals surface area contributed by atoms with Crippen LogP contribution in [0.5, 0.6) is 5.75 Å². The molecular weight excluding hydrogens is 328 g/mol. The number of hydrogen-bond donors (Lipinski definition) is 2. The van der Waals surface area contributed by atoms with Crippen LogP contribution in [-0.2, 0) is 0 Å². The van der Waals surface area contributed by atoms with Crippen LogP contribution >= 0.6 is 12.2 Å². The highest BCUT2D eigenvalue weighted by Crippen LogP contribution is 2.15. The van der Waals surface area contributed by atoms with E-state index < -0.39 is 4.92 Å². The number of nitrogens with zero attached hydrogens (tertiary/aromatic N) is 2. The summed E-state index contributed by atoms with van der Waals surface area (Å²) in [6.45, 7) is 1.78. The normalized spacial score (nSPS) is 10.8. The van der Waals surface area contributed by atoms with Gasteiger partial charge in [0.1, 0.15) is 5.75 Å². The molecule has 0 aliphatic rings. The molecule has 2 aromatic rings. The second-order valence-corrected chi connectivity index (χ2v) is 5.20. The fourth-order valence-corrected chi connectivity index (χ4v) is 2.02. The highest BCUT2D eigenvalue weighted by atomic mass is 32.1. The molecule has 24 heavy (non-hydrogen) atoms. The summed E-state index contributed by atoms with van der Waals surface area (Å²) in [7, 11) is 1.60. The SMILES string of the molecule is COc1ccc(NC(=S)N/N=C(\C)c2ccc([N+](=O)[O-])cc2)cc1. The molecule has 0 unspecified atom stereocenters. The number of non-ortho nitro benzene ring substituents is 1. The van der Waals surface area contributed by atoms with Crippen LogP contribution in [0.25, 0.3) is 0 Å². The first-order chi connectivity index (χ1) is 11.5. The van der Waals surface area contributed by atoms with Crippen molar-refractivity contribution in [2.45, 2.75) is 6.92 Å². The number of rotatable bonds is 5. The van der Waals surface area contributed by atoms with Gasteiger partial charge in [-0.25, -0.2) is 0 Å². The van der Waals surface area contributed by atoms with E-state index in [-0.39, 0.29) is 5.69 Å². The first-order valence-electron chi connectivity index (χ1n) is 7.00. The molecule has 0 radical (unpaired) electrons. The van der Waals surface area contributed by atoms with Crippen LogP contribution in [-0.4, -0.2) is 22.9 Å². The Hall–Kier alpha value is -3.00. The highest BCUT2D eigenvalue weighted by Gasteiger charge is 2.05. The third-order valence-electron chi connectivity index (χ3n) is 3.17. The highest BCUT2D eigenvalue weighted by molar-refractivity contribution is 7.80. The lowest BCUT2D eigenvalue weighted by atomic mass is 10.1. The van der Waals surface area contributed by atoms with Crippen LogP contribution in [0.3, 0.4) is 0 Å². The predicted octanol–water partition coefficient (Wildman–Crippen LogP) is 3.31. The summed E-state index contributed by atoms with van der Waals surface area (Å²) in [5, 5.41) is 18.1. The number of nitro groups is 1. The van der Waals surface area contributed by atoms with Gasteiger partial charge in [0.25, 0.3) is 5.69 Å². The van der Waals surface area contributed by atoms with Crippen molar-refractivity contribution in [2.75, 3.05) is 12.4 Å². The Balaban J connectivity index is 1.95. The fourth-order valence-electron chi connectivity index (χ4n) is 1.86. The predicted molar refractivity (Wildman–Crippen MR) is 97.7 cm³/mol. The lowest BCUT2D eigenvalue weighted by Gasteiger charge is -2.08. The van der Waals surface area contributed by atoms with Gasteiger partial charge in [-0.15, -0.1) is 0 Å². The number of thiocarbonyl (C=S) groups is 1. The molecule has 0 aliphatic carbocycles. The maximum atomic E-state index is 10.6. The molecule has 7 nitrogen and oxygen atoms in total. The van der Waals surface area contributed by atoms with Gasteiger partial charge < -0.3 is 10.1 Å². The second kappa shape index (κ2) is 8.02. The number of hydrogen-bond acceptors (Lipinski definition) is 5. The minimum absolute atomic E-state index is 0.0382. The van der Waals surface area contributed by atoms with Gasteiger partial charge >= 0.3 is 0 Å². The van der Waals surface area contributed by atoms with Gasteiger partial charge in [0.15, 0.2) is 5.11 Å². The van der Waals surface area contributed by atoms with Crippen LogP contribution in [0.15, 0.2) is 53.6 Å². The molecule has 0 amide bonds. The van der Waals surface area contributed by atoms with E-state index in [4.69, 9.17) is 17.0 Å². The van der Waals surface area contributed by atoms with Gasteiger partial charge in [-0.3, -0.25) is 15.5 Å². The van der Waals surface area contributed by atoms with Crippen LogP contribution in [0.2, 0.25) is 0 Å². The van der Waals surface area contributed by atoms with Crippen molar-refractivity contribution in [2.24, 2.45) is 5.10 Å². The molecule has 0 bridgehead atoms. The maximum absolute atomic E-state index is 10.6. The average Bonchev–Trinajstić information content (AvgIpc) is 2.60. The Morgan fingerprint density at radius 2 is 1.79 bits per heavy atom. The second-order valence-electron chi connectivity index (χ2n) is 4.80. The molecule has 0 heterocycles. The van der Waals surface area contributed by atoms with E-state index in [0.29, 0.717) is 10.8 Å². The van der Waals surface area contributed by atoms with Gasteiger partial charge in [-0.2, -0.15) is 5.10 Å². The molecular formula is C16H16N4O3S. The summed E-state index contributed by atoms with van der Waals surface area (Å²) in [4.78, 5) is 10.2. The third kappa shape index (κ3) is 4.75. The van der Waals surface area contributed by atoms with E-state index in [1.807, 2.05) is 24.3 Å². The van der Waals surface area contributed by atoms with Crippen LogP contribution in [0, 0.1) is 10.1 Å². The van der Waals surface area contributed by atoms with Gasteiger partial charge in [0.05, 0.1) is 17.7 Å². The van der Waals surface area contributed by atoms with Gasteiger partial charge in [-0.1, -0.05) is 0 Å². The number of methoxy groups -OCH3 is 1. The first kappa shape index (κ1) is 17.4. The molecule has 0 fully saturated rings. The van der Waals surface area contributed by atoms with E-state index in [1.165, 1.54) is 12.1 Å². The van der Waals surface area contributed by atoms with E-state index in [0.717, 1.165) is 17.0 Å². The summed E-state index contributed by atoms with van der Waals surface area (Å²) in [5.74, 6) is 0.756. The van der Waals surface area contributed by atoms with Crippen LogP contribution in [0.4, 0.5) is 11.4 Å².